The van der Waals surface area contributed by atoms with Gasteiger partial charge in [-0.25, -0.2) is 8.42 Å². The number of methoxy groups -OCH3 is 1. The van der Waals surface area contributed by atoms with E-state index in [4.69, 9.17) is 9.47 Å². The van der Waals surface area contributed by atoms with Gasteiger partial charge in [0.2, 0.25) is 10.0 Å². The van der Waals surface area contributed by atoms with Gasteiger partial charge in [0.05, 0.1) is 18.9 Å². The van der Waals surface area contributed by atoms with Crippen LogP contribution in [-0.2, 0) is 34.0 Å². The van der Waals surface area contributed by atoms with Crippen molar-refractivity contribution >= 4 is 10.0 Å². The Hall–Kier alpha value is -3.07. The summed E-state index contributed by atoms with van der Waals surface area (Å²) in [5.41, 5.74) is 3.77. The standard InChI is InChI=1S/C33H38N2O5S/c1-34(41(37,38)21-23-11-7-4-8-12-23)26-14-13-25-27-19-24-28(36)20-29(39-2)31-30(24)33(25,32(26)40-31)16-18-35(27)17-15-22-9-5-3-6-10-22/h3-12,20,25-27,32,36H,13-19,21H2,1-2H3/t25-,26+,27+,32?,33-/m0/s1. The predicted octanol–water partition coefficient (Wildman–Crippen LogP) is 4.51. The Balaban J connectivity index is 1.26. The van der Waals surface area contributed by atoms with Crippen molar-refractivity contribution in [3.05, 3.63) is 89.0 Å². The number of ether oxygens (including phenoxy) is 2. The smallest absolute Gasteiger partial charge is 0.218 e. The number of rotatable bonds is 8. The lowest BCUT2D eigenvalue weighted by atomic mass is 9.51. The summed E-state index contributed by atoms with van der Waals surface area (Å²) in [7, 11) is -0.270. The highest BCUT2D eigenvalue weighted by Gasteiger charge is 2.67. The van der Waals surface area contributed by atoms with Gasteiger partial charge in [0.1, 0.15) is 11.9 Å². The molecule has 1 unspecified atom stereocenters. The van der Waals surface area contributed by atoms with Gasteiger partial charge in [-0.15, -0.1) is 0 Å². The van der Waals surface area contributed by atoms with E-state index in [0.717, 1.165) is 61.9 Å². The molecule has 7 nitrogen and oxygen atoms in total. The minimum absolute atomic E-state index is 0.0395. The number of phenols is 1. The summed E-state index contributed by atoms with van der Waals surface area (Å²) in [6.07, 6.45) is 3.93. The van der Waals surface area contributed by atoms with Gasteiger partial charge in [-0.3, -0.25) is 4.90 Å². The minimum atomic E-state index is -3.59. The first-order valence-electron chi connectivity index (χ1n) is 14.7. The number of piperidine rings is 1. The van der Waals surface area contributed by atoms with Crippen molar-refractivity contribution in [3.63, 3.8) is 0 Å². The largest absolute Gasteiger partial charge is 0.508 e. The second kappa shape index (κ2) is 10.0. The number of benzene rings is 3. The maximum absolute atomic E-state index is 13.7. The van der Waals surface area contributed by atoms with Crippen LogP contribution in [0.2, 0.25) is 0 Å². The number of hydrogen-bond acceptors (Lipinski definition) is 6. The molecular weight excluding hydrogens is 536 g/mol. The quantitative estimate of drug-likeness (QED) is 0.427. The Kier molecular flexibility index (Phi) is 6.56. The average Bonchev–Trinajstić information content (AvgIpc) is 3.32. The van der Waals surface area contributed by atoms with Crippen LogP contribution in [0.1, 0.15) is 41.5 Å². The molecule has 1 saturated carbocycles. The molecule has 5 atom stereocenters. The van der Waals surface area contributed by atoms with E-state index in [-0.39, 0.29) is 35.1 Å². The lowest BCUT2D eigenvalue weighted by Gasteiger charge is -2.60. The summed E-state index contributed by atoms with van der Waals surface area (Å²) in [6.45, 7) is 1.87. The maximum atomic E-state index is 13.7. The first kappa shape index (κ1) is 26.8. The highest BCUT2D eigenvalue weighted by Crippen LogP contribution is 2.65. The predicted molar refractivity (Wildman–Crippen MR) is 158 cm³/mol. The van der Waals surface area contributed by atoms with Gasteiger partial charge in [-0.05, 0) is 55.7 Å². The fourth-order valence-corrected chi connectivity index (χ4v) is 9.91. The summed E-state index contributed by atoms with van der Waals surface area (Å²) in [5, 5.41) is 11.3. The van der Waals surface area contributed by atoms with Gasteiger partial charge in [-0.1, -0.05) is 60.7 Å². The fourth-order valence-electron chi connectivity index (χ4n) is 8.46. The Morgan fingerprint density at radius 3 is 2.49 bits per heavy atom. The molecule has 0 amide bonds. The van der Waals surface area contributed by atoms with Crippen molar-refractivity contribution in [3.8, 4) is 17.2 Å². The highest BCUT2D eigenvalue weighted by atomic mass is 32.2. The third-order valence-electron chi connectivity index (χ3n) is 10.3. The number of hydrogen-bond donors (Lipinski definition) is 1. The molecule has 0 aromatic heterocycles. The summed E-state index contributed by atoms with van der Waals surface area (Å²) < 4.78 is 41.6. The molecule has 1 spiro atoms. The lowest BCUT2D eigenvalue weighted by Crippen LogP contribution is -2.69. The highest BCUT2D eigenvalue weighted by molar-refractivity contribution is 7.88. The third-order valence-corrected chi connectivity index (χ3v) is 12.2. The van der Waals surface area contributed by atoms with Gasteiger partial charge in [-0.2, -0.15) is 4.31 Å². The molecule has 0 radical (unpaired) electrons. The molecule has 3 aromatic rings. The van der Waals surface area contributed by atoms with Crippen LogP contribution in [0.25, 0.3) is 0 Å². The number of nitrogens with zero attached hydrogens (tertiary/aromatic N) is 2. The molecule has 2 aliphatic heterocycles. The van der Waals surface area contributed by atoms with Crippen LogP contribution in [0.3, 0.4) is 0 Å². The molecule has 1 N–H and O–H groups in total. The van der Waals surface area contributed by atoms with Crippen LogP contribution >= 0.6 is 0 Å². The van der Waals surface area contributed by atoms with Gasteiger partial charge in [0.25, 0.3) is 0 Å². The number of aromatic hydroxyl groups is 1. The number of likely N-dealkylation sites (N-methyl/N-ethyl adjacent to an activating group) is 1. The van der Waals surface area contributed by atoms with Crippen LogP contribution in [-0.4, -0.2) is 68.2 Å². The monoisotopic (exact) mass is 574 g/mol. The zero-order valence-corrected chi connectivity index (χ0v) is 24.5. The van der Waals surface area contributed by atoms with E-state index in [1.54, 1.807) is 24.5 Å². The van der Waals surface area contributed by atoms with Gasteiger partial charge in [0, 0.05) is 42.2 Å². The molecule has 2 fully saturated rings. The molecule has 3 aromatic carbocycles. The molecule has 4 aliphatic rings. The third kappa shape index (κ3) is 4.17. The summed E-state index contributed by atoms with van der Waals surface area (Å²) in [4.78, 5) is 2.61. The normalized spacial score (nSPS) is 28.3. The maximum Gasteiger partial charge on any atom is 0.218 e. The van der Waals surface area contributed by atoms with Crippen molar-refractivity contribution in [2.75, 3.05) is 27.2 Å². The first-order chi connectivity index (χ1) is 19.8. The second-order valence-corrected chi connectivity index (χ2v) is 14.2. The molecular formula is C33H38N2O5S. The van der Waals surface area contributed by atoms with Crippen molar-refractivity contribution in [1.29, 1.82) is 0 Å². The Morgan fingerprint density at radius 1 is 1.07 bits per heavy atom. The van der Waals surface area contributed by atoms with Crippen LogP contribution in [0.15, 0.2) is 66.7 Å². The lowest BCUT2D eigenvalue weighted by molar-refractivity contribution is -0.0741. The van der Waals surface area contributed by atoms with Gasteiger partial charge < -0.3 is 14.6 Å². The first-order valence-corrected chi connectivity index (χ1v) is 16.3. The molecule has 2 heterocycles. The zero-order chi connectivity index (χ0) is 28.4. The van der Waals surface area contributed by atoms with Gasteiger partial charge >= 0.3 is 0 Å². The molecule has 2 aliphatic carbocycles. The summed E-state index contributed by atoms with van der Waals surface area (Å²) in [5.74, 6) is 1.76. The van der Waals surface area contributed by atoms with Crippen molar-refractivity contribution < 1.29 is 23.0 Å². The number of sulfonamides is 1. The van der Waals surface area contributed by atoms with Crippen molar-refractivity contribution in [1.82, 2.24) is 9.21 Å². The Labute approximate surface area is 242 Å². The molecule has 8 heteroatoms. The van der Waals surface area contributed by atoms with Crippen LogP contribution in [0.5, 0.6) is 17.2 Å². The van der Waals surface area contributed by atoms with Crippen molar-refractivity contribution in [2.24, 2.45) is 5.92 Å². The van der Waals surface area contributed by atoms with E-state index in [0.29, 0.717) is 17.4 Å². The van der Waals surface area contributed by atoms with Crippen LogP contribution in [0, 0.1) is 5.92 Å². The number of likely N-dealkylation sites (tertiary alicyclic amines) is 1. The minimum Gasteiger partial charge on any atom is -0.508 e. The fraction of sp³-hybridized carbons (Fsp3) is 0.455. The summed E-state index contributed by atoms with van der Waals surface area (Å²) in [6, 6.07) is 21.6. The van der Waals surface area contributed by atoms with Crippen LogP contribution in [0.4, 0.5) is 0 Å². The van der Waals surface area contributed by atoms with Crippen LogP contribution < -0.4 is 9.47 Å². The van der Waals surface area contributed by atoms with E-state index < -0.39 is 10.0 Å². The Morgan fingerprint density at radius 2 is 1.78 bits per heavy atom. The Bertz CT molecular complexity index is 1550. The SMILES string of the molecule is COc1cc(O)c2c3c1OC1[C@H](N(C)S(=O)(=O)Cc4ccccc4)CC[C@H]4[C@@H](C2)N(CCc2ccccc2)CC[C@]314. The van der Waals surface area contributed by atoms with E-state index in [9.17, 15) is 13.5 Å². The van der Waals surface area contributed by atoms with Gasteiger partial charge in [0.15, 0.2) is 11.5 Å². The summed E-state index contributed by atoms with van der Waals surface area (Å²) >= 11 is 0. The molecule has 7 rings (SSSR count). The van der Waals surface area contributed by atoms with Crippen molar-refractivity contribution in [2.45, 2.75) is 61.5 Å². The van der Waals surface area contributed by atoms with E-state index >= 15 is 0 Å². The van der Waals surface area contributed by atoms with E-state index in [1.807, 2.05) is 30.3 Å². The molecule has 2 bridgehead atoms. The zero-order valence-electron chi connectivity index (χ0n) is 23.7. The van der Waals surface area contributed by atoms with E-state index in [2.05, 4.69) is 35.2 Å². The number of phenolic OH excluding ortho intramolecular Hbond substituents is 1. The average molecular weight is 575 g/mol. The molecule has 216 valence electrons. The van der Waals surface area contributed by atoms with E-state index in [1.165, 1.54) is 5.56 Å². The molecule has 41 heavy (non-hydrogen) atoms. The topological polar surface area (TPSA) is 79.3 Å². The second-order valence-electron chi connectivity index (χ2n) is 12.2. The molecule has 1 saturated heterocycles.